The molecule has 0 saturated carbocycles. The molecule has 90 valence electrons. The van der Waals surface area contributed by atoms with Gasteiger partial charge in [-0.1, -0.05) is 0 Å². The lowest BCUT2D eigenvalue weighted by atomic mass is 10.2. The molecule has 0 bridgehead atoms. The Morgan fingerprint density at radius 2 is 2.27 bits per heavy atom. The van der Waals surface area contributed by atoms with Crippen molar-refractivity contribution in [3.05, 3.63) is 0 Å². The molecule has 1 saturated heterocycles. The number of nitrogens with one attached hydrogen (secondary N) is 1. The molecule has 5 nitrogen and oxygen atoms in total. The van der Waals surface area contributed by atoms with Crippen molar-refractivity contribution in [2.75, 3.05) is 39.5 Å². The third-order valence-corrected chi connectivity index (χ3v) is 4.39. The molecule has 0 aliphatic carbocycles. The summed E-state index contributed by atoms with van der Waals surface area (Å²) in [6.45, 7) is 1.72. The first kappa shape index (κ1) is 12.9. The van der Waals surface area contributed by atoms with Crippen LogP contribution in [0.4, 0.5) is 0 Å². The minimum atomic E-state index is -3.12. The zero-order valence-corrected chi connectivity index (χ0v) is 10.2. The summed E-state index contributed by atoms with van der Waals surface area (Å²) in [5, 5.41) is 2.84. The van der Waals surface area contributed by atoms with Gasteiger partial charge in [-0.05, 0) is 19.9 Å². The van der Waals surface area contributed by atoms with Crippen molar-refractivity contribution < 1.29 is 13.2 Å². The Hall–Kier alpha value is -0.170. The summed E-state index contributed by atoms with van der Waals surface area (Å²) in [6.07, 6.45) is 2.08. The van der Waals surface area contributed by atoms with Gasteiger partial charge in [0.15, 0.2) is 0 Å². The van der Waals surface area contributed by atoms with E-state index in [-0.39, 0.29) is 11.9 Å². The van der Waals surface area contributed by atoms with E-state index in [1.54, 1.807) is 14.1 Å². The largest absolute Gasteiger partial charge is 0.377 e. The highest BCUT2D eigenvalue weighted by molar-refractivity contribution is 7.89. The Balaban J connectivity index is 2.40. The van der Waals surface area contributed by atoms with Crippen LogP contribution in [0.15, 0.2) is 0 Å². The van der Waals surface area contributed by atoms with Gasteiger partial charge in [0.1, 0.15) is 0 Å². The minimum Gasteiger partial charge on any atom is -0.377 e. The molecule has 0 aromatic heterocycles. The summed E-state index contributed by atoms with van der Waals surface area (Å²) >= 11 is 0. The third-order valence-electron chi connectivity index (χ3n) is 2.57. The van der Waals surface area contributed by atoms with Crippen molar-refractivity contribution >= 4 is 10.0 Å². The molecule has 1 aliphatic heterocycles. The molecule has 1 fully saturated rings. The average Bonchev–Trinajstić information content (AvgIpc) is 2.67. The molecule has 0 aromatic carbocycles. The number of sulfonamides is 1. The Morgan fingerprint density at radius 1 is 1.53 bits per heavy atom. The minimum absolute atomic E-state index is 0.0827. The lowest BCUT2D eigenvalue weighted by molar-refractivity contribution is 0.0979. The van der Waals surface area contributed by atoms with Gasteiger partial charge in [0.05, 0.1) is 11.9 Å². The first-order chi connectivity index (χ1) is 7.06. The highest BCUT2D eigenvalue weighted by Crippen LogP contribution is 2.14. The quantitative estimate of drug-likeness (QED) is 0.684. The highest BCUT2D eigenvalue weighted by atomic mass is 32.2. The normalized spacial score (nSPS) is 22.5. The summed E-state index contributed by atoms with van der Waals surface area (Å²) in [6, 6.07) is 0. The van der Waals surface area contributed by atoms with E-state index in [2.05, 4.69) is 5.32 Å². The topological polar surface area (TPSA) is 58.6 Å². The van der Waals surface area contributed by atoms with Crippen molar-refractivity contribution in [2.45, 2.75) is 18.9 Å². The van der Waals surface area contributed by atoms with E-state index in [0.29, 0.717) is 13.1 Å². The molecule has 1 rings (SSSR count). The van der Waals surface area contributed by atoms with Crippen molar-refractivity contribution in [2.24, 2.45) is 0 Å². The van der Waals surface area contributed by atoms with E-state index in [4.69, 9.17) is 4.74 Å². The Bertz CT molecular complexity index is 273. The fourth-order valence-electron chi connectivity index (χ4n) is 1.58. The molecule has 0 aromatic rings. The number of likely N-dealkylation sites (N-methyl/N-ethyl adjacent to an activating group) is 1. The molecule has 1 atom stereocenters. The number of hydrogen-bond acceptors (Lipinski definition) is 4. The van der Waals surface area contributed by atoms with Crippen LogP contribution in [-0.2, 0) is 14.8 Å². The third kappa shape index (κ3) is 4.06. The van der Waals surface area contributed by atoms with Crippen LogP contribution >= 0.6 is 0 Å². The van der Waals surface area contributed by atoms with Crippen LogP contribution in [0.1, 0.15) is 12.8 Å². The van der Waals surface area contributed by atoms with Gasteiger partial charge >= 0.3 is 0 Å². The molecule has 15 heavy (non-hydrogen) atoms. The standard InChI is InChI=1S/C9H20N2O3S/c1-10-5-7-15(12,13)11(2)8-9-4-3-6-14-9/h9-10H,3-8H2,1-2H3. The molecule has 0 spiro atoms. The smallest absolute Gasteiger partial charge is 0.215 e. The Kier molecular flexibility index (Phi) is 4.98. The van der Waals surface area contributed by atoms with Gasteiger partial charge in [0.25, 0.3) is 0 Å². The van der Waals surface area contributed by atoms with E-state index in [9.17, 15) is 8.42 Å². The van der Waals surface area contributed by atoms with Crippen LogP contribution in [0.3, 0.4) is 0 Å². The second kappa shape index (κ2) is 5.79. The van der Waals surface area contributed by atoms with Crippen molar-refractivity contribution in [1.29, 1.82) is 0 Å². The molecular formula is C9H20N2O3S. The number of hydrogen-bond donors (Lipinski definition) is 1. The van der Waals surface area contributed by atoms with Gasteiger partial charge in [0, 0.05) is 26.7 Å². The van der Waals surface area contributed by atoms with Crippen LogP contribution in [-0.4, -0.2) is 58.4 Å². The van der Waals surface area contributed by atoms with Gasteiger partial charge in [-0.15, -0.1) is 0 Å². The fraction of sp³-hybridized carbons (Fsp3) is 1.00. The van der Waals surface area contributed by atoms with Crippen LogP contribution in [0, 0.1) is 0 Å². The SMILES string of the molecule is CNCCS(=O)(=O)N(C)CC1CCCO1. The van der Waals surface area contributed by atoms with E-state index in [1.165, 1.54) is 4.31 Å². The van der Waals surface area contributed by atoms with Crippen LogP contribution in [0.5, 0.6) is 0 Å². The molecule has 1 aliphatic rings. The highest BCUT2D eigenvalue weighted by Gasteiger charge is 2.23. The number of ether oxygens (including phenoxy) is 1. The van der Waals surface area contributed by atoms with Gasteiger partial charge < -0.3 is 10.1 Å². The van der Waals surface area contributed by atoms with E-state index in [1.807, 2.05) is 0 Å². The molecule has 1 N–H and O–H groups in total. The van der Waals surface area contributed by atoms with Crippen molar-refractivity contribution in [3.63, 3.8) is 0 Å². The van der Waals surface area contributed by atoms with Gasteiger partial charge in [0.2, 0.25) is 10.0 Å². The number of nitrogens with zero attached hydrogens (tertiary/aromatic N) is 1. The lowest BCUT2D eigenvalue weighted by Gasteiger charge is -2.20. The second-order valence-corrected chi connectivity index (χ2v) is 6.03. The summed E-state index contributed by atoms with van der Waals surface area (Å²) in [4.78, 5) is 0. The van der Waals surface area contributed by atoms with Crippen molar-refractivity contribution in [3.8, 4) is 0 Å². The molecule has 1 heterocycles. The van der Waals surface area contributed by atoms with Gasteiger partial charge in [-0.2, -0.15) is 0 Å². The Morgan fingerprint density at radius 3 is 2.80 bits per heavy atom. The molecule has 6 heteroatoms. The summed E-state index contributed by atoms with van der Waals surface area (Å²) in [5.74, 6) is 0.146. The van der Waals surface area contributed by atoms with E-state index >= 15 is 0 Å². The monoisotopic (exact) mass is 236 g/mol. The van der Waals surface area contributed by atoms with Crippen LogP contribution in [0.2, 0.25) is 0 Å². The predicted molar refractivity (Wildman–Crippen MR) is 59.3 cm³/mol. The van der Waals surface area contributed by atoms with E-state index in [0.717, 1.165) is 19.4 Å². The van der Waals surface area contributed by atoms with Gasteiger partial charge in [-0.3, -0.25) is 0 Å². The summed E-state index contributed by atoms with van der Waals surface area (Å²) in [7, 11) is 0.244. The zero-order chi connectivity index (χ0) is 11.3. The van der Waals surface area contributed by atoms with Crippen molar-refractivity contribution in [1.82, 2.24) is 9.62 Å². The lowest BCUT2D eigenvalue weighted by Crippen LogP contribution is -2.37. The maximum absolute atomic E-state index is 11.7. The molecular weight excluding hydrogens is 216 g/mol. The first-order valence-corrected chi connectivity index (χ1v) is 6.87. The molecule has 0 radical (unpaired) electrons. The van der Waals surface area contributed by atoms with Crippen LogP contribution in [0.25, 0.3) is 0 Å². The number of rotatable bonds is 6. The fourth-order valence-corrected chi connectivity index (χ4v) is 2.74. The maximum Gasteiger partial charge on any atom is 0.215 e. The summed E-state index contributed by atoms with van der Waals surface area (Å²) < 4.78 is 30.2. The summed E-state index contributed by atoms with van der Waals surface area (Å²) in [5.41, 5.74) is 0. The maximum atomic E-state index is 11.7. The predicted octanol–water partition coefficient (Wildman–Crippen LogP) is -0.354. The molecule has 0 amide bonds. The Labute approximate surface area is 91.8 Å². The van der Waals surface area contributed by atoms with Crippen LogP contribution < -0.4 is 5.32 Å². The first-order valence-electron chi connectivity index (χ1n) is 5.26. The average molecular weight is 236 g/mol. The zero-order valence-electron chi connectivity index (χ0n) is 9.40. The van der Waals surface area contributed by atoms with Gasteiger partial charge in [-0.25, -0.2) is 12.7 Å². The molecule has 1 unspecified atom stereocenters. The van der Waals surface area contributed by atoms with E-state index < -0.39 is 10.0 Å². The second-order valence-electron chi connectivity index (χ2n) is 3.84.